The van der Waals surface area contributed by atoms with Crippen LogP contribution in [0.3, 0.4) is 0 Å². The van der Waals surface area contributed by atoms with Crippen LogP contribution in [0.25, 0.3) is 33.6 Å². The minimum atomic E-state index is -0.480. The van der Waals surface area contributed by atoms with Crippen LogP contribution in [0.15, 0.2) is 59.3 Å². The molecule has 7 heteroatoms. The highest BCUT2D eigenvalue weighted by molar-refractivity contribution is 6.03. The number of ether oxygens (including phenoxy) is 2. The highest BCUT2D eigenvalue weighted by atomic mass is 19.1. The fourth-order valence-corrected chi connectivity index (χ4v) is 4.36. The van der Waals surface area contributed by atoms with E-state index in [1.54, 1.807) is 18.2 Å². The number of unbranched alkanes of at least 4 members (excludes halogenated alkanes) is 1. The van der Waals surface area contributed by atoms with Gasteiger partial charge in [0.05, 0.1) is 11.7 Å². The van der Waals surface area contributed by atoms with Gasteiger partial charge in [0.25, 0.3) is 0 Å². The maximum absolute atomic E-state index is 14.9. The molecule has 2 heterocycles. The monoisotopic (exact) mass is 518 g/mol. The molecule has 2 aromatic heterocycles. The zero-order valence-electron chi connectivity index (χ0n) is 22.7. The topological polar surface area (TPSA) is 74.5 Å². The van der Waals surface area contributed by atoms with Crippen LogP contribution in [0.2, 0.25) is 0 Å². The van der Waals surface area contributed by atoms with Crippen LogP contribution < -0.4 is 4.74 Å². The first-order valence-corrected chi connectivity index (χ1v) is 13.2. The Balaban J connectivity index is 1.61. The van der Waals surface area contributed by atoms with Crippen LogP contribution in [-0.4, -0.2) is 27.6 Å². The highest BCUT2D eigenvalue weighted by Gasteiger charge is 2.25. The number of furan rings is 1. The molecule has 0 amide bonds. The quantitative estimate of drug-likeness (QED) is 0.157. The molecule has 200 valence electrons. The lowest BCUT2D eigenvalue weighted by Gasteiger charge is -2.19. The first-order chi connectivity index (χ1) is 18.2. The van der Waals surface area contributed by atoms with E-state index >= 15 is 0 Å². The largest absolute Gasteiger partial charge is 0.474 e. The SMILES string of the molecule is CCc1ccc(-c2c(-c3ccccc3F)oc3ncnc(O[C@H](C)CCCCC(=O)OC(C)(C)C)c23)cc1. The maximum Gasteiger partial charge on any atom is 0.306 e. The van der Waals surface area contributed by atoms with E-state index in [-0.39, 0.29) is 17.9 Å². The molecule has 0 spiro atoms. The number of fused-ring (bicyclic) bond motifs is 1. The number of carbonyl (C=O) groups excluding carboxylic acids is 1. The van der Waals surface area contributed by atoms with Gasteiger partial charge in [0.2, 0.25) is 11.6 Å². The molecule has 0 bridgehead atoms. The number of aromatic nitrogens is 2. The van der Waals surface area contributed by atoms with Crippen molar-refractivity contribution >= 4 is 17.1 Å². The molecule has 2 aromatic carbocycles. The predicted octanol–water partition coefficient (Wildman–Crippen LogP) is 7.93. The summed E-state index contributed by atoms with van der Waals surface area (Å²) in [5.74, 6) is 0.196. The average molecular weight is 519 g/mol. The Morgan fingerprint density at radius 1 is 1.05 bits per heavy atom. The van der Waals surface area contributed by atoms with Crippen molar-refractivity contribution in [2.45, 2.75) is 78.4 Å². The summed E-state index contributed by atoms with van der Waals surface area (Å²) >= 11 is 0. The molecule has 6 nitrogen and oxygen atoms in total. The van der Waals surface area contributed by atoms with Gasteiger partial charge in [-0.1, -0.05) is 43.3 Å². The minimum absolute atomic E-state index is 0.172. The first-order valence-electron chi connectivity index (χ1n) is 13.2. The van der Waals surface area contributed by atoms with Gasteiger partial charge in [-0.3, -0.25) is 4.79 Å². The summed E-state index contributed by atoms with van der Waals surface area (Å²) in [6.07, 6.45) is 4.74. The Morgan fingerprint density at radius 3 is 2.47 bits per heavy atom. The summed E-state index contributed by atoms with van der Waals surface area (Å²) in [5.41, 5.74) is 2.96. The molecule has 0 aliphatic rings. The molecule has 0 aliphatic heterocycles. The minimum Gasteiger partial charge on any atom is -0.474 e. The van der Waals surface area contributed by atoms with E-state index in [0.29, 0.717) is 46.7 Å². The summed E-state index contributed by atoms with van der Waals surface area (Å²) in [5, 5.41) is 0.607. The van der Waals surface area contributed by atoms with Crippen molar-refractivity contribution in [2.75, 3.05) is 0 Å². The predicted molar refractivity (Wildman–Crippen MR) is 146 cm³/mol. The van der Waals surface area contributed by atoms with E-state index in [0.717, 1.165) is 24.8 Å². The number of aryl methyl sites for hydroxylation is 1. The Morgan fingerprint density at radius 2 is 1.79 bits per heavy atom. The van der Waals surface area contributed by atoms with Crippen LogP contribution in [0.1, 0.15) is 65.9 Å². The van der Waals surface area contributed by atoms with Crippen LogP contribution in [0, 0.1) is 5.82 Å². The highest BCUT2D eigenvalue weighted by Crippen LogP contribution is 2.44. The summed E-state index contributed by atoms with van der Waals surface area (Å²) < 4.78 is 32.7. The van der Waals surface area contributed by atoms with Gasteiger partial charge < -0.3 is 13.9 Å². The lowest BCUT2D eigenvalue weighted by atomic mass is 9.98. The molecule has 0 radical (unpaired) electrons. The average Bonchev–Trinajstić information content (AvgIpc) is 3.26. The van der Waals surface area contributed by atoms with Crippen molar-refractivity contribution in [2.24, 2.45) is 0 Å². The Kier molecular flexibility index (Phi) is 8.45. The standard InChI is InChI=1S/C31H35FN2O4/c1-6-21-15-17-22(18-16-21)26-27-29(36-20(2)11-7-10-14-25(35)38-31(3,4)5)33-19-34-30(27)37-28(26)23-12-8-9-13-24(23)32/h8-9,12-13,15-20H,6-7,10-11,14H2,1-5H3/t20-/m1/s1. The van der Waals surface area contributed by atoms with Crippen molar-refractivity contribution in [3.8, 4) is 28.3 Å². The van der Waals surface area contributed by atoms with Crippen molar-refractivity contribution < 1.29 is 23.1 Å². The van der Waals surface area contributed by atoms with E-state index in [1.165, 1.54) is 18.0 Å². The third-order valence-electron chi connectivity index (χ3n) is 6.20. The van der Waals surface area contributed by atoms with Gasteiger partial charge in [0.1, 0.15) is 28.9 Å². The van der Waals surface area contributed by atoms with Crippen LogP contribution >= 0.6 is 0 Å². The summed E-state index contributed by atoms with van der Waals surface area (Å²) in [7, 11) is 0. The lowest BCUT2D eigenvalue weighted by molar-refractivity contribution is -0.154. The van der Waals surface area contributed by atoms with E-state index in [4.69, 9.17) is 13.9 Å². The number of carbonyl (C=O) groups is 1. The molecule has 0 saturated heterocycles. The number of benzene rings is 2. The van der Waals surface area contributed by atoms with Crippen LogP contribution in [0.5, 0.6) is 5.88 Å². The molecule has 4 rings (SSSR count). The van der Waals surface area contributed by atoms with Crippen LogP contribution in [-0.2, 0) is 16.0 Å². The molecule has 0 aliphatic carbocycles. The maximum atomic E-state index is 14.9. The Labute approximate surface area is 223 Å². The number of nitrogens with zero attached hydrogens (tertiary/aromatic N) is 2. The lowest BCUT2D eigenvalue weighted by Crippen LogP contribution is -2.23. The van der Waals surface area contributed by atoms with Gasteiger partial charge in [-0.05, 0) is 76.6 Å². The van der Waals surface area contributed by atoms with Crippen molar-refractivity contribution in [1.29, 1.82) is 0 Å². The van der Waals surface area contributed by atoms with Gasteiger partial charge in [-0.25, -0.2) is 14.4 Å². The smallest absolute Gasteiger partial charge is 0.306 e. The second-order valence-corrected chi connectivity index (χ2v) is 10.5. The summed E-state index contributed by atoms with van der Waals surface area (Å²) in [4.78, 5) is 20.8. The molecule has 0 unspecified atom stereocenters. The molecule has 1 atom stereocenters. The fourth-order valence-electron chi connectivity index (χ4n) is 4.36. The molecular formula is C31H35FN2O4. The fraction of sp³-hybridized carbons (Fsp3) is 0.387. The number of hydrogen-bond acceptors (Lipinski definition) is 6. The molecule has 0 saturated carbocycles. The second-order valence-electron chi connectivity index (χ2n) is 10.5. The Hall–Kier alpha value is -3.74. The van der Waals surface area contributed by atoms with Crippen molar-refractivity contribution in [3.63, 3.8) is 0 Å². The van der Waals surface area contributed by atoms with E-state index < -0.39 is 5.60 Å². The number of esters is 1. The summed E-state index contributed by atoms with van der Waals surface area (Å²) in [6, 6.07) is 14.6. The number of rotatable bonds is 10. The van der Waals surface area contributed by atoms with E-state index in [1.807, 2.05) is 39.8 Å². The van der Waals surface area contributed by atoms with Gasteiger partial charge in [0, 0.05) is 12.0 Å². The second kappa shape index (κ2) is 11.8. The number of halogens is 1. The zero-order chi connectivity index (χ0) is 27.3. The summed E-state index contributed by atoms with van der Waals surface area (Å²) in [6.45, 7) is 9.66. The van der Waals surface area contributed by atoms with Gasteiger partial charge in [-0.15, -0.1) is 0 Å². The molecule has 0 fully saturated rings. The zero-order valence-corrected chi connectivity index (χ0v) is 22.7. The third-order valence-corrected chi connectivity index (χ3v) is 6.20. The first kappa shape index (κ1) is 27.3. The van der Waals surface area contributed by atoms with Crippen LogP contribution in [0.4, 0.5) is 4.39 Å². The van der Waals surface area contributed by atoms with Gasteiger partial charge in [-0.2, -0.15) is 0 Å². The van der Waals surface area contributed by atoms with Crippen molar-refractivity contribution in [1.82, 2.24) is 9.97 Å². The van der Waals surface area contributed by atoms with E-state index in [2.05, 4.69) is 29.0 Å². The molecule has 38 heavy (non-hydrogen) atoms. The molecule has 0 N–H and O–H groups in total. The molecular weight excluding hydrogens is 483 g/mol. The van der Waals surface area contributed by atoms with E-state index in [9.17, 15) is 9.18 Å². The Bertz CT molecular complexity index is 1390. The molecule has 4 aromatic rings. The third kappa shape index (κ3) is 6.57. The van der Waals surface area contributed by atoms with Crippen molar-refractivity contribution in [3.05, 3.63) is 66.2 Å². The van der Waals surface area contributed by atoms with Gasteiger partial charge in [0.15, 0.2) is 0 Å². The van der Waals surface area contributed by atoms with Gasteiger partial charge >= 0.3 is 5.97 Å². The normalized spacial score (nSPS) is 12.5. The number of hydrogen-bond donors (Lipinski definition) is 0.